The van der Waals surface area contributed by atoms with E-state index in [1.807, 2.05) is 0 Å². The highest BCUT2D eigenvalue weighted by Crippen LogP contribution is 2.24. The van der Waals surface area contributed by atoms with Crippen molar-refractivity contribution in [1.29, 1.82) is 0 Å². The quantitative estimate of drug-likeness (QED) is 0.860. The molecule has 1 aliphatic heterocycles. The third-order valence-corrected chi connectivity index (χ3v) is 4.29. The number of nitrogens with one attached hydrogen (secondary N) is 2. The Hall–Kier alpha value is -0.610. The summed E-state index contributed by atoms with van der Waals surface area (Å²) in [6.45, 7) is 3.32. The molecule has 0 aliphatic carbocycles. The summed E-state index contributed by atoms with van der Waals surface area (Å²) in [4.78, 5) is 0. The summed E-state index contributed by atoms with van der Waals surface area (Å²) in [6.07, 6.45) is 6.32. The summed E-state index contributed by atoms with van der Waals surface area (Å²) < 4.78 is 13.8. The number of hydrogen-bond acceptors (Lipinski definition) is 2. The van der Waals surface area contributed by atoms with Gasteiger partial charge in [0.15, 0.2) is 0 Å². The zero-order chi connectivity index (χ0) is 13.7. The van der Waals surface area contributed by atoms with Crippen LogP contribution in [-0.2, 0) is 0 Å². The molecule has 4 heteroatoms. The van der Waals surface area contributed by atoms with Crippen molar-refractivity contribution in [2.75, 3.05) is 11.9 Å². The second-order valence-electron chi connectivity index (χ2n) is 5.41. The molecule has 0 aromatic heterocycles. The average molecular weight is 329 g/mol. The SMILES string of the molecule is CC(CC1CCCCCN1)Nc1ccc(F)cc1Br. The molecule has 0 saturated carbocycles. The van der Waals surface area contributed by atoms with Crippen LogP contribution in [0.5, 0.6) is 0 Å². The van der Waals surface area contributed by atoms with Crippen LogP contribution in [0.3, 0.4) is 0 Å². The molecule has 2 unspecified atom stereocenters. The van der Waals surface area contributed by atoms with E-state index in [-0.39, 0.29) is 5.82 Å². The summed E-state index contributed by atoms with van der Waals surface area (Å²) in [7, 11) is 0. The topological polar surface area (TPSA) is 24.1 Å². The first-order chi connectivity index (χ1) is 9.15. The third kappa shape index (κ3) is 4.77. The summed E-state index contributed by atoms with van der Waals surface area (Å²) in [5.41, 5.74) is 0.961. The Bertz CT molecular complexity index is 403. The van der Waals surface area contributed by atoms with Crippen molar-refractivity contribution in [3.05, 3.63) is 28.5 Å². The summed E-state index contributed by atoms with van der Waals surface area (Å²) >= 11 is 3.40. The molecular weight excluding hydrogens is 307 g/mol. The molecular formula is C15H22BrFN2. The molecule has 0 bridgehead atoms. The average Bonchev–Trinajstić information content (AvgIpc) is 2.61. The van der Waals surface area contributed by atoms with Gasteiger partial charge in [0.05, 0.1) is 0 Å². The second kappa shape index (κ2) is 7.25. The van der Waals surface area contributed by atoms with Gasteiger partial charge in [0.2, 0.25) is 0 Å². The van der Waals surface area contributed by atoms with E-state index in [0.717, 1.165) is 23.1 Å². The minimum absolute atomic E-state index is 0.212. The van der Waals surface area contributed by atoms with Gasteiger partial charge in [-0.15, -0.1) is 0 Å². The molecule has 1 saturated heterocycles. The summed E-state index contributed by atoms with van der Waals surface area (Å²) in [6, 6.07) is 5.75. The Labute approximate surface area is 123 Å². The highest BCUT2D eigenvalue weighted by Gasteiger charge is 2.15. The van der Waals surface area contributed by atoms with Gasteiger partial charge in [-0.05, 0) is 66.9 Å². The predicted octanol–water partition coefficient (Wildman–Crippen LogP) is 4.31. The zero-order valence-electron chi connectivity index (χ0n) is 11.4. The van der Waals surface area contributed by atoms with Crippen LogP contribution in [0, 0.1) is 5.82 Å². The fourth-order valence-electron chi connectivity index (χ4n) is 2.66. The maximum absolute atomic E-state index is 13.0. The van der Waals surface area contributed by atoms with Crippen LogP contribution in [-0.4, -0.2) is 18.6 Å². The fourth-order valence-corrected chi connectivity index (χ4v) is 3.12. The zero-order valence-corrected chi connectivity index (χ0v) is 13.0. The van der Waals surface area contributed by atoms with E-state index in [1.165, 1.54) is 37.8 Å². The number of benzene rings is 1. The number of rotatable bonds is 4. The highest BCUT2D eigenvalue weighted by molar-refractivity contribution is 9.10. The van der Waals surface area contributed by atoms with Crippen molar-refractivity contribution >= 4 is 21.6 Å². The van der Waals surface area contributed by atoms with Crippen LogP contribution < -0.4 is 10.6 Å². The second-order valence-corrected chi connectivity index (χ2v) is 6.26. The molecule has 2 N–H and O–H groups in total. The smallest absolute Gasteiger partial charge is 0.124 e. The van der Waals surface area contributed by atoms with Gasteiger partial charge in [-0.25, -0.2) is 4.39 Å². The lowest BCUT2D eigenvalue weighted by atomic mass is 10.0. The van der Waals surface area contributed by atoms with E-state index in [1.54, 1.807) is 6.07 Å². The Morgan fingerprint density at radius 2 is 2.26 bits per heavy atom. The minimum atomic E-state index is -0.212. The van der Waals surface area contributed by atoms with E-state index in [2.05, 4.69) is 33.5 Å². The lowest BCUT2D eigenvalue weighted by Gasteiger charge is -2.22. The molecule has 2 rings (SSSR count). The van der Waals surface area contributed by atoms with Gasteiger partial charge in [0, 0.05) is 22.2 Å². The van der Waals surface area contributed by atoms with E-state index in [4.69, 9.17) is 0 Å². The third-order valence-electron chi connectivity index (χ3n) is 3.63. The molecule has 1 aromatic carbocycles. The lowest BCUT2D eigenvalue weighted by molar-refractivity contribution is 0.456. The molecule has 0 spiro atoms. The van der Waals surface area contributed by atoms with Crippen LogP contribution in [0.15, 0.2) is 22.7 Å². The predicted molar refractivity (Wildman–Crippen MR) is 82.1 cm³/mol. The van der Waals surface area contributed by atoms with Crippen molar-refractivity contribution in [3.8, 4) is 0 Å². The molecule has 1 aromatic rings. The lowest BCUT2D eigenvalue weighted by Crippen LogP contribution is -2.33. The van der Waals surface area contributed by atoms with Crippen molar-refractivity contribution in [3.63, 3.8) is 0 Å². The van der Waals surface area contributed by atoms with Gasteiger partial charge in [-0.1, -0.05) is 12.8 Å². The van der Waals surface area contributed by atoms with E-state index < -0.39 is 0 Å². The maximum atomic E-state index is 13.0. The fraction of sp³-hybridized carbons (Fsp3) is 0.600. The molecule has 19 heavy (non-hydrogen) atoms. The van der Waals surface area contributed by atoms with Crippen LogP contribution in [0.1, 0.15) is 39.0 Å². The first-order valence-electron chi connectivity index (χ1n) is 7.10. The van der Waals surface area contributed by atoms with Gasteiger partial charge in [-0.3, -0.25) is 0 Å². The molecule has 1 heterocycles. The van der Waals surface area contributed by atoms with Crippen LogP contribution in [0.4, 0.5) is 10.1 Å². The molecule has 1 aliphatic rings. The minimum Gasteiger partial charge on any atom is -0.382 e. The summed E-state index contributed by atoms with van der Waals surface area (Å²) in [5, 5.41) is 7.06. The molecule has 0 amide bonds. The monoisotopic (exact) mass is 328 g/mol. The molecule has 0 radical (unpaired) electrons. The van der Waals surface area contributed by atoms with Crippen molar-refractivity contribution in [2.24, 2.45) is 0 Å². The largest absolute Gasteiger partial charge is 0.382 e. The van der Waals surface area contributed by atoms with E-state index in [9.17, 15) is 4.39 Å². The van der Waals surface area contributed by atoms with Gasteiger partial charge in [0.25, 0.3) is 0 Å². The molecule has 2 atom stereocenters. The number of halogens is 2. The molecule has 1 fully saturated rings. The maximum Gasteiger partial charge on any atom is 0.124 e. The summed E-state index contributed by atoms with van der Waals surface area (Å²) in [5.74, 6) is -0.212. The standard InChI is InChI=1S/C15H22BrFN2/c1-11(9-13-5-3-2-4-8-18-13)19-15-7-6-12(17)10-14(15)16/h6-7,10-11,13,18-19H,2-5,8-9H2,1H3. The van der Waals surface area contributed by atoms with Crippen LogP contribution in [0.25, 0.3) is 0 Å². The first-order valence-corrected chi connectivity index (χ1v) is 7.89. The van der Waals surface area contributed by atoms with Crippen molar-refractivity contribution in [2.45, 2.75) is 51.1 Å². The van der Waals surface area contributed by atoms with Crippen LogP contribution >= 0.6 is 15.9 Å². The van der Waals surface area contributed by atoms with Gasteiger partial charge >= 0.3 is 0 Å². The number of hydrogen-bond donors (Lipinski definition) is 2. The normalized spacial score (nSPS) is 21.7. The van der Waals surface area contributed by atoms with Crippen LogP contribution in [0.2, 0.25) is 0 Å². The van der Waals surface area contributed by atoms with Crippen molar-refractivity contribution in [1.82, 2.24) is 5.32 Å². The van der Waals surface area contributed by atoms with Gasteiger partial charge < -0.3 is 10.6 Å². The first kappa shape index (κ1) is 14.8. The van der Waals surface area contributed by atoms with Gasteiger partial charge in [0.1, 0.15) is 5.82 Å². The molecule has 106 valence electrons. The Morgan fingerprint density at radius 3 is 3.05 bits per heavy atom. The van der Waals surface area contributed by atoms with E-state index >= 15 is 0 Å². The number of anilines is 1. The Kier molecular flexibility index (Phi) is 5.64. The van der Waals surface area contributed by atoms with E-state index in [0.29, 0.717) is 12.1 Å². The Morgan fingerprint density at radius 1 is 1.42 bits per heavy atom. The highest BCUT2D eigenvalue weighted by atomic mass is 79.9. The van der Waals surface area contributed by atoms with Gasteiger partial charge in [-0.2, -0.15) is 0 Å². The Balaban J connectivity index is 1.87. The van der Waals surface area contributed by atoms with Crippen molar-refractivity contribution < 1.29 is 4.39 Å². The molecule has 2 nitrogen and oxygen atoms in total.